The van der Waals surface area contributed by atoms with Gasteiger partial charge in [-0.2, -0.15) is 0 Å². The van der Waals surface area contributed by atoms with Crippen molar-refractivity contribution >= 4 is 23.2 Å². The van der Waals surface area contributed by atoms with Gasteiger partial charge in [0, 0.05) is 5.69 Å². The van der Waals surface area contributed by atoms with Crippen LogP contribution >= 0.6 is 11.6 Å². The summed E-state index contributed by atoms with van der Waals surface area (Å²) in [6, 6.07) is 23.8. The summed E-state index contributed by atoms with van der Waals surface area (Å²) in [4.78, 5) is 12.9. The molecule has 0 saturated carbocycles. The van der Waals surface area contributed by atoms with Gasteiger partial charge in [-0.1, -0.05) is 72.3 Å². The number of aromatic hydroxyl groups is 1. The summed E-state index contributed by atoms with van der Waals surface area (Å²) in [7, 11) is 0. The molecule has 4 heteroatoms. The van der Waals surface area contributed by atoms with Gasteiger partial charge in [0.25, 0.3) is 0 Å². The molecule has 0 heterocycles. The number of amides is 1. The standard InChI is InChI=1S/C20H16ClNO2/c21-17-13-16(11-12-18(17)23)22-20(24)19(14-7-3-1-4-8-14)15-9-5-2-6-10-15/h1-13,19,23H,(H,22,24). The van der Waals surface area contributed by atoms with Gasteiger partial charge >= 0.3 is 0 Å². The van der Waals surface area contributed by atoms with E-state index in [0.29, 0.717) is 5.69 Å². The minimum absolute atomic E-state index is 0.0164. The zero-order chi connectivity index (χ0) is 16.9. The third-order valence-corrected chi connectivity index (χ3v) is 4.05. The molecule has 3 aromatic rings. The van der Waals surface area contributed by atoms with Crippen molar-refractivity contribution in [2.75, 3.05) is 5.32 Å². The van der Waals surface area contributed by atoms with Crippen LogP contribution < -0.4 is 5.32 Å². The molecule has 0 fully saturated rings. The lowest BCUT2D eigenvalue weighted by Crippen LogP contribution is -2.22. The predicted molar refractivity (Wildman–Crippen MR) is 96.5 cm³/mol. The largest absolute Gasteiger partial charge is 0.506 e. The molecule has 24 heavy (non-hydrogen) atoms. The van der Waals surface area contributed by atoms with Gasteiger partial charge in [0.15, 0.2) is 0 Å². The van der Waals surface area contributed by atoms with Crippen LogP contribution in [0.2, 0.25) is 5.02 Å². The van der Waals surface area contributed by atoms with Gasteiger partial charge in [0.05, 0.1) is 10.9 Å². The van der Waals surface area contributed by atoms with E-state index in [1.54, 1.807) is 6.07 Å². The van der Waals surface area contributed by atoms with Gasteiger partial charge in [0.1, 0.15) is 5.75 Å². The number of carbonyl (C=O) groups is 1. The first-order valence-electron chi connectivity index (χ1n) is 7.54. The fourth-order valence-corrected chi connectivity index (χ4v) is 2.77. The molecule has 1 amide bonds. The molecule has 0 saturated heterocycles. The van der Waals surface area contributed by atoms with Crippen molar-refractivity contribution < 1.29 is 9.90 Å². The number of benzene rings is 3. The van der Waals surface area contributed by atoms with E-state index in [-0.39, 0.29) is 16.7 Å². The molecule has 3 rings (SSSR count). The normalized spacial score (nSPS) is 10.6. The maximum absolute atomic E-state index is 12.9. The Bertz CT molecular complexity index is 795. The summed E-state index contributed by atoms with van der Waals surface area (Å²) in [6.07, 6.45) is 0. The van der Waals surface area contributed by atoms with Gasteiger partial charge in [-0.25, -0.2) is 0 Å². The zero-order valence-electron chi connectivity index (χ0n) is 12.8. The topological polar surface area (TPSA) is 49.3 Å². The van der Waals surface area contributed by atoms with E-state index in [9.17, 15) is 9.90 Å². The van der Waals surface area contributed by atoms with Crippen LogP contribution in [0.1, 0.15) is 17.0 Å². The first-order valence-corrected chi connectivity index (χ1v) is 7.92. The first kappa shape index (κ1) is 16.1. The average molecular weight is 338 g/mol. The van der Waals surface area contributed by atoms with Crippen molar-refractivity contribution in [1.82, 2.24) is 0 Å². The quantitative estimate of drug-likeness (QED) is 0.671. The van der Waals surface area contributed by atoms with Gasteiger partial charge in [-0.15, -0.1) is 0 Å². The number of hydrogen-bond donors (Lipinski definition) is 2. The summed E-state index contributed by atoms with van der Waals surface area (Å²) in [5.41, 5.74) is 2.36. The molecule has 0 aliphatic rings. The van der Waals surface area contributed by atoms with Crippen molar-refractivity contribution in [2.45, 2.75) is 5.92 Å². The van der Waals surface area contributed by atoms with Gasteiger partial charge in [0.2, 0.25) is 5.91 Å². The van der Waals surface area contributed by atoms with E-state index in [4.69, 9.17) is 11.6 Å². The lowest BCUT2D eigenvalue weighted by atomic mass is 9.90. The summed E-state index contributed by atoms with van der Waals surface area (Å²) < 4.78 is 0. The summed E-state index contributed by atoms with van der Waals surface area (Å²) in [6.45, 7) is 0. The number of phenolic OH excluding ortho intramolecular Hbond substituents is 1. The van der Waals surface area contributed by atoms with Crippen LogP contribution in [0.25, 0.3) is 0 Å². The molecule has 0 spiro atoms. The Balaban J connectivity index is 1.93. The third-order valence-electron chi connectivity index (χ3n) is 3.74. The first-order chi connectivity index (χ1) is 11.6. The van der Waals surface area contributed by atoms with E-state index in [1.807, 2.05) is 60.7 Å². The Kier molecular flexibility index (Phi) is 4.82. The Labute approximate surface area is 145 Å². The van der Waals surface area contributed by atoms with Gasteiger partial charge in [-0.05, 0) is 29.3 Å². The van der Waals surface area contributed by atoms with E-state index < -0.39 is 5.92 Å². The Morgan fingerprint density at radius 3 is 1.92 bits per heavy atom. The van der Waals surface area contributed by atoms with Crippen LogP contribution in [0.5, 0.6) is 5.75 Å². The third kappa shape index (κ3) is 3.58. The van der Waals surface area contributed by atoms with Gasteiger partial charge < -0.3 is 10.4 Å². The number of halogens is 1. The molecule has 0 unspecified atom stereocenters. The average Bonchev–Trinajstić information content (AvgIpc) is 2.60. The van der Waals surface area contributed by atoms with E-state index in [0.717, 1.165) is 11.1 Å². The second-order valence-electron chi connectivity index (χ2n) is 5.41. The van der Waals surface area contributed by atoms with Crippen LogP contribution in [-0.4, -0.2) is 11.0 Å². The fraction of sp³-hybridized carbons (Fsp3) is 0.0500. The smallest absolute Gasteiger partial charge is 0.236 e. The molecule has 0 atom stereocenters. The number of anilines is 1. The molecule has 0 aliphatic heterocycles. The number of rotatable bonds is 4. The number of nitrogens with one attached hydrogen (secondary N) is 1. The fourth-order valence-electron chi connectivity index (χ4n) is 2.59. The highest BCUT2D eigenvalue weighted by atomic mass is 35.5. The van der Waals surface area contributed by atoms with Crippen molar-refractivity contribution in [2.24, 2.45) is 0 Å². The summed E-state index contributed by atoms with van der Waals surface area (Å²) in [5, 5.41) is 12.6. The second kappa shape index (κ2) is 7.20. The molecule has 3 aromatic carbocycles. The Morgan fingerprint density at radius 1 is 0.875 bits per heavy atom. The lowest BCUT2D eigenvalue weighted by molar-refractivity contribution is -0.116. The monoisotopic (exact) mass is 337 g/mol. The Hall–Kier alpha value is -2.78. The lowest BCUT2D eigenvalue weighted by Gasteiger charge is -2.18. The van der Waals surface area contributed by atoms with Crippen molar-refractivity contribution in [1.29, 1.82) is 0 Å². The summed E-state index contributed by atoms with van der Waals surface area (Å²) >= 11 is 5.91. The van der Waals surface area contributed by atoms with Crippen molar-refractivity contribution in [3.63, 3.8) is 0 Å². The van der Waals surface area contributed by atoms with Crippen LogP contribution in [0.15, 0.2) is 78.9 Å². The summed E-state index contributed by atoms with van der Waals surface area (Å²) in [5.74, 6) is -0.605. The molecular weight excluding hydrogens is 322 g/mol. The van der Waals surface area contributed by atoms with Crippen molar-refractivity contribution in [3.05, 3.63) is 95.0 Å². The van der Waals surface area contributed by atoms with Crippen LogP contribution in [0.4, 0.5) is 5.69 Å². The number of hydrogen-bond acceptors (Lipinski definition) is 2. The van der Waals surface area contributed by atoms with E-state index in [1.165, 1.54) is 12.1 Å². The highest BCUT2D eigenvalue weighted by molar-refractivity contribution is 6.32. The molecule has 3 nitrogen and oxygen atoms in total. The minimum atomic E-state index is -0.431. The van der Waals surface area contributed by atoms with Crippen molar-refractivity contribution in [3.8, 4) is 5.75 Å². The predicted octanol–water partition coefficient (Wildman–Crippen LogP) is 4.82. The highest BCUT2D eigenvalue weighted by Gasteiger charge is 2.22. The van der Waals surface area contributed by atoms with E-state index in [2.05, 4.69) is 5.32 Å². The van der Waals surface area contributed by atoms with Gasteiger partial charge in [-0.3, -0.25) is 4.79 Å². The maximum Gasteiger partial charge on any atom is 0.236 e. The van der Waals surface area contributed by atoms with E-state index >= 15 is 0 Å². The second-order valence-corrected chi connectivity index (χ2v) is 5.82. The molecular formula is C20H16ClNO2. The van der Waals surface area contributed by atoms with Crippen LogP contribution in [0.3, 0.4) is 0 Å². The Morgan fingerprint density at radius 2 is 1.42 bits per heavy atom. The number of carbonyl (C=O) groups excluding carboxylic acids is 1. The SMILES string of the molecule is O=C(Nc1ccc(O)c(Cl)c1)C(c1ccccc1)c1ccccc1. The molecule has 0 aromatic heterocycles. The molecule has 120 valence electrons. The minimum Gasteiger partial charge on any atom is -0.506 e. The molecule has 2 N–H and O–H groups in total. The van der Waals surface area contributed by atoms with Crippen LogP contribution in [0, 0.1) is 0 Å². The zero-order valence-corrected chi connectivity index (χ0v) is 13.6. The molecule has 0 bridgehead atoms. The molecule has 0 aliphatic carbocycles. The highest BCUT2D eigenvalue weighted by Crippen LogP contribution is 2.29. The maximum atomic E-state index is 12.9. The number of phenols is 1. The van der Waals surface area contributed by atoms with Crippen LogP contribution in [-0.2, 0) is 4.79 Å². The molecule has 0 radical (unpaired) electrons.